The van der Waals surface area contributed by atoms with E-state index in [-0.39, 0.29) is 18.0 Å². The third kappa shape index (κ3) is 1.85. The van der Waals surface area contributed by atoms with Crippen LogP contribution in [0.5, 0.6) is 0 Å². The number of aromatic nitrogens is 5. The van der Waals surface area contributed by atoms with Gasteiger partial charge in [0, 0.05) is 13.2 Å². The van der Waals surface area contributed by atoms with Crippen LogP contribution in [0.2, 0.25) is 0 Å². The fraction of sp³-hybridized carbons (Fsp3) is 0.250. The molecular formula is C8H10N6O. The van der Waals surface area contributed by atoms with Crippen LogP contribution in [-0.4, -0.2) is 31.0 Å². The van der Waals surface area contributed by atoms with Crippen LogP contribution in [0, 0.1) is 0 Å². The fourth-order valence-corrected chi connectivity index (χ4v) is 1.25. The number of aromatic amines is 1. The summed E-state index contributed by atoms with van der Waals surface area (Å²) in [5.74, 6) is 0.158. The summed E-state index contributed by atoms with van der Waals surface area (Å²) in [6.07, 6.45) is 3.28. The van der Waals surface area contributed by atoms with Crippen molar-refractivity contribution in [2.75, 3.05) is 5.73 Å². The van der Waals surface area contributed by atoms with Crippen molar-refractivity contribution in [1.29, 1.82) is 0 Å². The van der Waals surface area contributed by atoms with E-state index < -0.39 is 0 Å². The second kappa shape index (κ2) is 3.52. The number of hydrogen-bond donors (Lipinski definition) is 2. The Hall–Kier alpha value is -2.18. The summed E-state index contributed by atoms with van der Waals surface area (Å²) in [4.78, 5) is 11.7. The second-order valence-corrected chi connectivity index (χ2v) is 3.18. The number of Topliss-reactive ketones (excluding diaryl/α,β-unsaturated/α-hetero) is 1. The topological polar surface area (TPSA) is 102 Å². The first-order valence-corrected chi connectivity index (χ1v) is 4.34. The van der Waals surface area contributed by atoms with Crippen LogP contribution in [0.4, 0.5) is 5.82 Å². The lowest BCUT2D eigenvalue weighted by molar-refractivity contribution is 0.0993. The highest BCUT2D eigenvalue weighted by Gasteiger charge is 2.13. The first kappa shape index (κ1) is 9.38. The zero-order valence-electron chi connectivity index (χ0n) is 8.14. The van der Waals surface area contributed by atoms with Gasteiger partial charge in [0.1, 0.15) is 5.82 Å². The van der Waals surface area contributed by atoms with Gasteiger partial charge in [-0.05, 0) is 0 Å². The molecule has 2 heterocycles. The molecule has 7 nitrogen and oxygen atoms in total. The third-order valence-corrected chi connectivity index (χ3v) is 1.96. The van der Waals surface area contributed by atoms with Crippen molar-refractivity contribution in [2.24, 2.45) is 7.05 Å². The van der Waals surface area contributed by atoms with E-state index in [0.717, 1.165) is 0 Å². The summed E-state index contributed by atoms with van der Waals surface area (Å²) in [5, 5.41) is 13.7. The summed E-state index contributed by atoms with van der Waals surface area (Å²) in [7, 11) is 1.74. The molecule has 78 valence electrons. The van der Waals surface area contributed by atoms with E-state index in [4.69, 9.17) is 5.73 Å². The third-order valence-electron chi connectivity index (χ3n) is 1.96. The van der Waals surface area contributed by atoms with Gasteiger partial charge in [-0.1, -0.05) is 5.21 Å². The first-order chi connectivity index (χ1) is 7.16. The fourth-order valence-electron chi connectivity index (χ4n) is 1.25. The number of H-pyrrole nitrogens is 1. The van der Waals surface area contributed by atoms with Crippen molar-refractivity contribution in [3.8, 4) is 0 Å². The van der Waals surface area contributed by atoms with Crippen molar-refractivity contribution in [1.82, 2.24) is 25.2 Å². The van der Waals surface area contributed by atoms with E-state index in [1.54, 1.807) is 17.9 Å². The van der Waals surface area contributed by atoms with Crippen molar-refractivity contribution < 1.29 is 4.79 Å². The first-order valence-electron chi connectivity index (χ1n) is 4.34. The lowest BCUT2D eigenvalue weighted by Gasteiger charge is -1.94. The molecule has 2 aromatic heterocycles. The molecule has 0 fully saturated rings. The predicted molar refractivity (Wildman–Crippen MR) is 52.0 cm³/mol. The molecule has 0 aliphatic carbocycles. The number of nitrogens with one attached hydrogen (secondary N) is 1. The highest BCUT2D eigenvalue weighted by atomic mass is 16.1. The number of carbonyl (C=O) groups excluding carboxylic acids is 1. The highest BCUT2D eigenvalue weighted by Crippen LogP contribution is 2.09. The van der Waals surface area contributed by atoms with E-state index >= 15 is 0 Å². The van der Waals surface area contributed by atoms with Crippen LogP contribution >= 0.6 is 0 Å². The van der Waals surface area contributed by atoms with Gasteiger partial charge < -0.3 is 5.73 Å². The zero-order valence-corrected chi connectivity index (χ0v) is 8.14. The van der Waals surface area contributed by atoms with E-state index in [1.807, 2.05) is 0 Å². The van der Waals surface area contributed by atoms with Crippen LogP contribution in [0.1, 0.15) is 16.1 Å². The molecule has 0 aliphatic heterocycles. The number of nitrogen functional groups attached to an aromatic ring is 1. The van der Waals surface area contributed by atoms with Crippen molar-refractivity contribution in [3.05, 3.63) is 23.7 Å². The molecule has 15 heavy (non-hydrogen) atoms. The Balaban J connectivity index is 2.14. The van der Waals surface area contributed by atoms with E-state index in [0.29, 0.717) is 11.3 Å². The number of aryl methyl sites for hydroxylation is 1. The second-order valence-electron chi connectivity index (χ2n) is 3.18. The van der Waals surface area contributed by atoms with Gasteiger partial charge in [-0.25, -0.2) is 0 Å². The molecule has 0 aromatic carbocycles. The lowest BCUT2D eigenvalue weighted by atomic mass is 10.1. The summed E-state index contributed by atoms with van der Waals surface area (Å²) in [6.45, 7) is 0. The molecule has 0 radical (unpaired) electrons. The molecule has 0 bridgehead atoms. The SMILES string of the molecule is Cn1cc(CC(=O)c2cn[nH]c2N)nn1. The van der Waals surface area contributed by atoms with Gasteiger partial charge in [-0.3, -0.25) is 14.6 Å². The molecule has 0 spiro atoms. The largest absolute Gasteiger partial charge is 0.383 e. The van der Waals surface area contributed by atoms with Gasteiger partial charge in [-0.15, -0.1) is 5.10 Å². The van der Waals surface area contributed by atoms with E-state index in [9.17, 15) is 4.79 Å². The Morgan fingerprint density at radius 1 is 1.67 bits per heavy atom. The molecule has 0 unspecified atom stereocenters. The molecule has 0 saturated carbocycles. The maximum atomic E-state index is 11.7. The van der Waals surface area contributed by atoms with Crippen LogP contribution in [0.15, 0.2) is 12.4 Å². The van der Waals surface area contributed by atoms with Crippen LogP contribution in [0.3, 0.4) is 0 Å². The number of nitrogens with zero attached hydrogens (tertiary/aromatic N) is 4. The van der Waals surface area contributed by atoms with Crippen LogP contribution < -0.4 is 5.73 Å². The van der Waals surface area contributed by atoms with Crippen molar-refractivity contribution >= 4 is 11.6 Å². The molecule has 7 heteroatoms. The normalized spacial score (nSPS) is 10.5. The molecule has 0 saturated heterocycles. The molecule has 2 aromatic rings. The van der Waals surface area contributed by atoms with E-state index in [2.05, 4.69) is 20.5 Å². The van der Waals surface area contributed by atoms with Crippen molar-refractivity contribution in [2.45, 2.75) is 6.42 Å². The standard InChI is InChI=1S/C8H10N6O/c1-14-4-5(11-13-14)2-7(15)6-3-10-12-8(6)9/h3-4H,2H2,1H3,(H3,9,10,12). The number of ketones is 1. The maximum Gasteiger partial charge on any atom is 0.174 e. The Kier molecular flexibility index (Phi) is 2.20. The number of anilines is 1. The van der Waals surface area contributed by atoms with Crippen LogP contribution in [0.25, 0.3) is 0 Å². The van der Waals surface area contributed by atoms with Gasteiger partial charge >= 0.3 is 0 Å². The molecule has 0 aliphatic rings. The van der Waals surface area contributed by atoms with Gasteiger partial charge in [0.05, 0.1) is 23.9 Å². The lowest BCUT2D eigenvalue weighted by Crippen LogP contribution is -2.05. The predicted octanol–water partition coefficient (Wildman–Crippen LogP) is -0.454. The minimum absolute atomic E-state index is 0.123. The smallest absolute Gasteiger partial charge is 0.174 e. The highest BCUT2D eigenvalue weighted by molar-refractivity contribution is 6.00. The quantitative estimate of drug-likeness (QED) is 0.662. The average molecular weight is 206 g/mol. The minimum Gasteiger partial charge on any atom is -0.383 e. The Bertz CT molecular complexity index is 485. The number of nitrogens with two attached hydrogens (primary N) is 1. The summed E-state index contributed by atoms with van der Waals surface area (Å²) < 4.78 is 1.54. The van der Waals surface area contributed by atoms with Crippen molar-refractivity contribution in [3.63, 3.8) is 0 Å². The molecular weight excluding hydrogens is 196 g/mol. The van der Waals surface area contributed by atoms with Gasteiger partial charge in [-0.2, -0.15) is 5.10 Å². The van der Waals surface area contributed by atoms with Gasteiger partial charge in [0.25, 0.3) is 0 Å². The minimum atomic E-state index is -0.123. The number of hydrogen-bond acceptors (Lipinski definition) is 5. The maximum absolute atomic E-state index is 11.7. The molecule has 0 amide bonds. The van der Waals surface area contributed by atoms with Crippen LogP contribution in [-0.2, 0) is 13.5 Å². The van der Waals surface area contributed by atoms with E-state index in [1.165, 1.54) is 6.20 Å². The Morgan fingerprint density at radius 2 is 2.47 bits per heavy atom. The van der Waals surface area contributed by atoms with Gasteiger partial charge in [0.15, 0.2) is 5.78 Å². The van der Waals surface area contributed by atoms with Gasteiger partial charge in [0.2, 0.25) is 0 Å². The summed E-state index contributed by atoms with van der Waals surface area (Å²) in [5.41, 5.74) is 6.52. The molecule has 0 atom stereocenters. The molecule has 2 rings (SSSR count). The summed E-state index contributed by atoms with van der Waals surface area (Å²) >= 11 is 0. The average Bonchev–Trinajstić information content (AvgIpc) is 2.75. The Labute approximate surface area is 85.3 Å². The summed E-state index contributed by atoms with van der Waals surface area (Å²) in [6, 6.07) is 0. The Morgan fingerprint density at radius 3 is 3.00 bits per heavy atom. The number of carbonyl (C=O) groups is 1. The monoisotopic (exact) mass is 206 g/mol. The number of rotatable bonds is 3. The zero-order chi connectivity index (χ0) is 10.8. The molecule has 3 N–H and O–H groups in total.